The second kappa shape index (κ2) is 6.87. The molecule has 0 aromatic carbocycles. The van der Waals surface area contributed by atoms with Gasteiger partial charge >= 0.3 is 5.97 Å². The molecule has 1 saturated heterocycles. The average Bonchev–Trinajstić information content (AvgIpc) is 2.28. The van der Waals surface area contributed by atoms with Gasteiger partial charge in [0.05, 0.1) is 18.3 Å². The van der Waals surface area contributed by atoms with E-state index in [2.05, 4.69) is 0 Å². The third kappa shape index (κ3) is 6.19. The summed E-state index contributed by atoms with van der Waals surface area (Å²) in [6.07, 6.45) is 4.47. The van der Waals surface area contributed by atoms with Crippen LogP contribution in [0.15, 0.2) is 0 Å². The zero-order valence-electron chi connectivity index (χ0n) is 12.7. The van der Waals surface area contributed by atoms with Crippen molar-refractivity contribution in [3.8, 4) is 0 Å². The molecule has 0 aliphatic carbocycles. The molecule has 1 aliphatic rings. The van der Waals surface area contributed by atoms with Crippen molar-refractivity contribution in [1.82, 2.24) is 5.06 Å². The Morgan fingerprint density at radius 3 is 2.50 bits per heavy atom. The van der Waals surface area contributed by atoms with Crippen molar-refractivity contribution in [1.29, 1.82) is 0 Å². The summed E-state index contributed by atoms with van der Waals surface area (Å²) in [7, 11) is -3.41. The molecule has 20 heavy (non-hydrogen) atoms. The number of nitrogens with zero attached hydrogens (tertiary/aromatic N) is 1. The molecule has 6 nitrogen and oxygen atoms in total. The molecule has 1 atom stereocenters. The summed E-state index contributed by atoms with van der Waals surface area (Å²) in [6.45, 7) is 6.22. The summed E-state index contributed by atoms with van der Waals surface area (Å²) in [5.41, 5.74) is -0.550. The van der Waals surface area contributed by atoms with Crippen LogP contribution in [0.1, 0.15) is 46.5 Å². The van der Waals surface area contributed by atoms with E-state index in [1.807, 2.05) is 0 Å². The van der Waals surface area contributed by atoms with E-state index in [9.17, 15) is 13.2 Å². The number of carbonyl (C=O) groups is 1. The van der Waals surface area contributed by atoms with E-state index in [-0.39, 0.29) is 18.6 Å². The Morgan fingerprint density at radius 2 is 1.95 bits per heavy atom. The number of rotatable bonds is 5. The van der Waals surface area contributed by atoms with Gasteiger partial charge in [-0.05, 0) is 40.0 Å². The lowest BCUT2D eigenvalue weighted by Gasteiger charge is -2.35. The second-order valence-electron chi connectivity index (χ2n) is 6.23. The molecule has 0 saturated carbocycles. The van der Waals surface area contributed by atoms with Crippen molar-refractivity contribution < 1.29 is 22.2 Å². The van der Waals surface area contributed by atoms with Crippen LogP contribution in [0.4, 0.5) is 0 Å². The maximum atomic E-state index is 11.9. The minimum absolute atomic E-state index is 0.0248. The van der Waals surface area contributed by atoms with Gasteiger partial charge in [-0.2, -0.15) is 8.42 Å². The zero-order chi connectivity index (χ0) is 15.4. The molecular weight excluding hydrogens is 282 g/mol. The minimum Gasteiger partial charge on any atom is -0.367 e. The van der Waals surface area contributed by atoms with E-state index in [4.69, 9.17) is 9.02 Å². The van der Waals surface area contributed by atoms with Gasteiger partial charge in [0.1, 0.15) is 0 Å². The molecule has 1 aliphatic heterocycles. The van der Waals surface area contributed by atoms with Crippen LogP contribution in [-0.2, 0) is 23.9 Å². The van der Waals surface area contributed by atoms with Crippen molar-refractivity contribution in [3.63, 3.8) is 0 Å². The molecule has 0 aromatic rings. The Kier molecular flexibility index (Phi) is 5.97. The smallest absolute Gasteiger partial charge is 0.330 e. The highest BCUT2D eigenvalue weighted by Gasteiger charge is 2.30. The Labute approximate surface area is 121 Å². The van der Waals surface area contributed by atoms with Crippen molar-refractivity contribution in [2.45, 2.75) is 52.5 Å². The fourth-order valence-electron chi connectivity index (χ4n) is 1.96. The highest BCUT2D eigenvalue weighted by Crippen LogP contribution is 2.23. The highest BCUT2D eigenvalue weighted by molar-refractivity contribution is 7.85. The number of hydroxylamine groups is 2. The van der Waals surface area contributed by atoms with Gasteiger partial charge in [0.15, 0.2) is 0 Å². The molecule has 1 fully saturated rings. The number of hydrogen-bond donors (Lipinski definition) is 0. The van der Waals surface area contributed by atoms with Crippen molar-refractivity contribution in [3.05, 3.63) is 0 Å². The maximum absolute atomic E-state index is 11.9. The second-order valence-corrected chi connectivity index (χ2v) is 7.88. The molecule has 0 N–H and O–H groups in total. The molecule has 0 spiro atoms. The third-order valence-corrected chi connectivity index (χ3v) is 3.73. The van der Waals surface area contributed by atoms with E-state index < -0.39 is 15.5 Å². The van der Waals surface area contributed by atoms with Crippen LogP contribution in [0.3, 0.4) is 0 Å². The van der Waals surface area contributed by atoms with Gasteiger partial charge in [-0.3, -0.25) is 4.18 Å². The zero-order valence-corrected chi connectivity index (χ0v) is 13.5. The first-order chi connectivity index (χ1) is 9.09. The van der Waals surface area contributed by atoms with Gasteiger partial charge in [-0.15, -0.1) is 5.06 Å². The maximum Gasteiger partial charge on any atom is 0.330 e. The summed E-state index contributed by atoms with van der Waals surface area (Å²) in [6, 6.07) is 0.0248. The predicted octanol–water partition coefficient (Wildman–Crippen LogP) is 1.71. The van der Waals surface area contributed by atoms with Crippen LogP contribution in [0.2, 0.25) is 0 Å². The predicted molar refractivity (Wildman–Crippen MR) is 75.3 cm³/mol. The molecule has 0 unspecified atom stereocenters. The topological polar surface area (TPSA) is 72.9 Å². The van der Waals surface area contributed by atoms with E-state index in [1.54, 1.807) is 25.8 Å². The van der Waals surface area contributed by atoms with Crippen LogP contribution < -0.4 is 0 Å². The first-order valence-electron chi connectivity index (χ1n) is 6.93. The van der Waals surface area contributed by atoms with Gasteiger partial charge in [0, 0.05) is 12.6 Å². The van der Waals surface area contributed by atoms with Crippen LogP contribution in [-0.4, -0.2) is 44.9 Å². The van der Waals surface area contributed by atoms with Gasteiger partial charge in [0.2, 0.25) is 0 Å². The largest absolute Gasteiger partial charge is 0.367 e. The molecule has 0 aromatic heterocycles. The van der Waals surface area contributed by atoms with Crippen LogP contribution >= 0.6 is 0 Å². The number of carbonyl (C=O) groups excluding carboxylic acids is 1. The normalized spacial score (nSPS) is 21.7. The van der Waals surface area contributed by atoms with Crippen LogP contribution in [0, 0.1) is 5.41 Å². The lowest BCUT2D eigenvalue weighted by Crippen LogP contribution is -2.43. The fraction of sp³-hybridized carbons (Fsp3) is 0.923. The van der Waals surface area contributed by atoms with E-state index >= 15 is 0 Å². The van der Waals surface area contributed by atoms with Gasteiger partial charge < -0.3 is 4.84 Å². The van der Waals surface area contributed by atoms with Crippen LogP contribution in [0.25, 0.3) is 0 Å². The molecular formula is C13H25NO5S. The van der Waals surface area contributed by atoms with Crippen molar-refractivity contribution >= 4 is 16.1 Å². The summed E-state index contributed by atoms with van der Waals surface area (Å²) >= 11 is 0. The lowest BCUT2D eigenvalue weighted by molar-refractivity contribution is -0.218. The Morgan fingerprint density at radius 1 is 1.30 bits per heavy atom. The van der Waals surface area contributed by atoms with Crippen molar-refractivity contribution in [2.75, 3.05) is 19.4 Å². The molecule has 0 bridgehead atoms. The summed E-state index contributed by atoms with van der Waals surface area (Å²) in [4.78, 5) is 17.4. The quantitative estimate of drug-likeness (QED) is 0.720. The molecule has 7 heteroatoms. The van der Waals surface area contributed by atoms with Gasteiger partial charge in [0.25, 0.3) is 10.1 Å². The third-order valence-electron chi connectivity index (χ3n) is 3.13. The average molecular weight is 307 g/mol. The number of piperidine rings is 1. The Bertz CT molecular complexity index is 427. The fourth-order valence-corrected chi connectivity index (χ4v) is 2.36. The number of hydrogen-bond acceptors (Lipinski definition) is 6. The SMILES string of the molecule is CC(C)(C)C(=O)ON1CCCC[C@H]1CCOS(C)(=O)=O. The van der Waals surface area contributed by atoms with Crippen molar-refractivity contribution in [2.24, 2.45) is 5.41 Å². The van der Waals surface area contributed by atoms with Gasteiger partial charge in [-0.25, -0.2) is 4.79 Å². The first kappa shape index (κ1) is 17.4. The summed E-state index contributed by atoms with van der Waals surface area (Å²) in [5.74, 6) is -0.270. The van der Waals surface area contributed by atoms with Crippen LogP contribution in [0.5, 0.6) is 0 Å². The standard InChI is InChI=1S/C13H25NO5S/c1-13(2,3)12(15)19-14-9-6-5-7-11(14)8-10-18-20(4,16)17/h11H,5-10H2,1-4H3/t11-/m0/s1. The molecule has 1 heterocycles. The molecule has 1 rings (SSSR count). The molecule has 0 amide bonds. The highest BCUT2D eigenvalue weighted by atomic mass is 32.2. The Hall–Kier alpha value is -0.660. The summed E-state index contributed by atoms with van der Waals surface area (Å²) in [5, 5.41) is 1.68. The first-order valence-corrected chi connectivity index (χ1v) is 8.75. The summed E-state index contributed by atoms with van der Waals surface area (Å²) < 4.78 is 26.6. The van der Waals surface area contributed by atoms with E-state index in [1.165, 1.54) is 0 Å². The molecule has 0 radical (unpaired) electrons. The van der Waals surface area contributed by atoms with Gasteiger partial charge in [-0.1, -0.05) is 6.42 Å². The Balaban J connectivity index is 2.52. The van der Waals surface area contributed by atoms with E-state index in [0.717, 1.165) is 25.5 Å². The monoisotopic (exact) mass is 307 g/mol. The lowest BCUT2D eigenvalue weighted by atomic mass is 9.97. The van der Waals surface area contributed by atoms with E-state index in [0.29, 0.717) is 13.0 Å². The molecule has 118 valence electrons. The minimum atomic E-state index is -3.41.